The highest BCUT2D eigenvalue weighted by Crippen LogP contribution is 2.23. The van der Waals surface area contributed by atoms with Crippen molar-refractivity contribution >= 4 is 11.4 Å². The minimum Gasteiger partial charge on any atom is -0.345 e. The van der Waals surface area contributed by atoms with Gasteiger partial charge in [0.25, 0.3) is 0 Å². The Hall–Kier alpha value is -2.78. The Morgan fingerprint density at radius 2 is 1.06 bits per heavy atom. The van der Waals surface area contributed by atoms with E-state index in [0.717, 1.165) is 11.4 Å². The van der Waals surface area contributed by atoms with Crippen molar-refractivity contribution in [1.29, 1.82) is 10.5 Å². The summed E-state index contributed by atoms with van der Waals surface area (Å²) in [6, 6.07) is 18.9. The highest BCUT2D eigenvalue weighted by atomic mass is 15.1. The van der Waals surface area contributed by atoms with E-state index >= 15 is 0 Å². The van der Waals surface area contributed by atoms with Crippen molar-refractivity contribution in [3.8, 4) is 12.1 Å². The lowest BCUT2D eigenvalue weighted by Crippen LogP contribution is -2.09. The molecule has 0 aliphatic carbocycles. The van der Waals surface area contributed by atoms with E-state index in [4.69, 9.17) is 10.5 Å². The second-order valence-corrected chi connectivity index (χ2v) is 3.88. The van der Waals surface area contributed by atoms with Crippen molar-refractivity contribution < 1.29 is 0 Å². The van der Waals surface area contributed by atoms with Gasteiger partial charge in [-0.1, -0.05) is 0 Å². The molecule has 0 N–H and O–H groups in total. The molecule has 0 aromatic heterocycles. The van der Waals surface area contributed by atoms with E-state index in [0.29, 0.717) is 11.1 Å². The van der Waals surface area contributed by atoms with Crippen LogP contribution in [-0.2, 0) is 0 Å². The standard InChI is InChI=1S/C15H11N3/c1-18(14-6-2-12(10-16)3-7-14)15-8-4-13(11-17)5-9-15/h2-9H,1H3. The van der Waals surface area contributed by atoms with E-state index in [-0.39, 0.29) is 0 Å². The van der Waals surface area contributed by atoms with Gasteiger partial charge in [0.2, 0.25) is 0 Å². The van der Waals surface area contributed by atoms with Gasteiger partial charge in [-0.3, -0.25) is 0 Å². The first-order valence-corrected chi connectivity index (χ1v) is 5.48. The van der Waals surface area contributed by atoms with Crippen LogP contribution in [0.3, 0.4) is 0 Å². The van der Waals surface area contributed by atoms with Gasteiger partial charge < -0.3 is 4.90 Å². The zero-order chi connectivity index (χ0) is 13.0. The van der Waals surface area contributed by atoms with Gasteiger partial charge in [0.1, 0.15) is 0 Å². The van der Waals surface area contributed by atoms with E-state index < -0.39 is 0 Å². The van der Waals surface area contributed by atoms with Crippen molar-refractivity contribution in [2.24, 2.45) is 0 Å². The summed E-state index contributed by atoms with van der Waals surface area (Å²) in [5.74, 6) is 0. The lowest BCUT2D eigenvalue weighted by molar-refractivity contribution is 1.21. The number of hydrogen-bond acceptors (Lipinski definition) is 3. The molecule has 0 saturated carbocycles. The topological polar surface area (TPSA) is 50.8 Å². The molecule has 2 rings (SSSR count). The fourth-order valence-electron chi connectivity index (χ4n) is 1.67. The van der Waals surface area contributed by atoms with Crippen LogP contribution in [0.15, 0.2) is 48.5 Å². The Morgan fingerprint density at radius 3 is 1.33 bits per heavy atom. The molecule has 3 nitrogen and oxygen atoms in total. The van der Waals surface area contributed by atoms with Crippen molar-refractivity contribution in [3.05, 3.63) is 59.7 Å². The van der Waals surface area contributed by atoms with E-state index in [1.54, 1.807) is 24.3 Å². The molecule has 0 amide bonds. The summed E-state index contributed by atoms with van der Waals surface area (Å²) in [6.45, 7) is 0. The van der Waals surface area contributed by atoms with Crippen LogP contribution in [0, 0.1) is 22.7 Å². The van der Waals surface area contributed by atoms with Gasteiger partial charge in [-0.2, -0.15) is 10.5 Å². The minimum absolute atomic E-state index is 0.645. The lowest BCUT2D eigenvalue weighted by atomic mass is 10.2. The fraction of sp³-hybridized carbons (Fsp3) is 0.0667. The third-order valence-electron chi connectivity index (χ3n) is 2.77. The third-order valence-corrected chi connectivity index (χ3v) is 2.77. The SMILES string of the molecule is CN(c1ccc(C#N)cc1)c1ccc(C#N)cc1. The predicted octanol–water partition coefficient (Wildman–Crippen LogP) is 3.20. The molecule has 3 heteroatoms. The van der Waals surface area contributed by atoms with Gasteiger partial charge in [-0.25, -0.2) is 0 Å². The largest absolute Gasteiger partial charge is 0.345 e. The summed E-state index contributed by atoms with van der Waals surface area (Å²) in [5.41, 5.74) is 3.29. The highest BCUT2D eigenvalue weighted by molar-refractivity contribution is 5.63. The molecule has 2 aromatic rings. The minimum atomic E-state index is 0.645. The normalized spacial score (nSPS) is 9.28. The average Bonchev–Trinajstić information content (AvgIpc) is 2.47. The number of rotatable bonds is 2. The molecule has 0 bridgehead atoms. The first-order chi connectivity index (χ1) is 8.74. The van der Waals surface area contributed by atoms with Crippen LogP contribution in [0.2, 0.25) is 0 Å². The molecule has 0 atom stereocenters. The second kappa shape index (κ2) is 5.03. The number of nitriles is 2. The number of hydrogen-bond donors (Lipinski definition) is 0. The van der Waals surface area contributed by atoms with E-state index in [9.17, 15) is 0 Å². The quantitative estimate of drug-likeness (QED) is 0.800. The van der Waals surface area contributed by atoms with Crippen molar-refractivity contribution in [2.75, 3.05) is 11.9 Å². The lowest BCUT2D eigenvalue weighted by Gasteiger charge is -2.19. The predicted molar refractivity (Wildman–Crippen MR) is 70.4 cm³/mol. The number of benzene rings is 2. The maximum absolute atomic E-state index is 8.75. The third kappa shape index (κ3) is 2.31. The van der Waals surface area contributed by atoms with E-state index in [1.807, 2.05) is 36.2 Å². The maximum atomic E-state index is 8.75. The Morgan fingerprint density at radius 1 is 0.722 bits per heavy atom. The number of anilines is 2. The summed E-state index contributed by atoms with van der Waals surface area (Å²) in [4.78, 5) is 2.00. The maximum Gasteiger partial charge on any atom is 0.0991 e. The van der Waals surface area contributed by atoms with Crippen LogP contribution in [-0.4, -0.2) is 7.05 Å². The molecule has 18 heavy (non-hydrogen) atoms. The Balaban J connectivity index is 2.27. The zero-order valence-electron chi connectivity index (χ0n) is 9.96. The van der Waals surface area contributed by atoms with Gasteiger partial charge in [0.15, 0.2) is 0 Å². The monoisotopic (exact) mass is 233 g/mol. The molecule has 0 aliphatic rings. The Kier molecular flexibility index (Phi) is 3.27. The van der Waals surface area contributed by atoms with Crippen molar-refractivity contribution in [1.82, 2.24) is 0 Å². The van der Waals surface area contributed by atoms with E-state index in [2.05, 4.69) is 12.1 Å². The smallest absolute Gasteiger partial charge is 0.0991 e. The van der Waals surface area contributed by atoms with Crippen molar-refractivity contribution in [3.63, 3.8) is 0 Å². The van der Waals surface area contributed by atoms with Crippen LogP contribution in [0.4, 0.5) is 11.4 Å². The molecule has 0 radical (unpaired) electrons. The molecule has 86 valence electrons. The molecule has 0 fully saturated rings. The molecular weight excluding hydrogens is 222 g/mol. The van der Waals surface area contributed by atoms with Gasteiger partial charge in [-0.15, -0.1) is 0 Å². The molecular formula is C15H11N3. The molecule has 0 aliphatic heterocycles. The van der Waals surface area contributed by atoms with Crippen LogP contribution >= 0.6 is 0 Å². The summed E-state index contributed by atoms with van der Waals surface area (Å²) < 4.78 is 0. The van der Waals surface area contributed by atoms with E-state index in [1.165, 1.54) is 0 Å². The molecule has 0 saturated heterocycles. The van der Waals surface area contributed by atoms with Crippen LogP contribution in [0.5, 0.6) is 0 Å². The van der Waals surface area contributed by atoms with Gasteiger partial charge >= 0.3 is 0 Å². The Bertz CT molecular complexity index is 555. The summed E-state index contributed by atoms with van der Waals surface area (Å²) in [7, 11) is 1.95. The van der Waals surface area contributed by atoms with Gasteiger partial charge in [0.05, 0.1) is 23.3 Å². The second-order valence-electron chi connectivity index (χ2n) is 3.88. The molecule has 0 heterocycles. The number of nitrogens with zero attached hydrogens (tertiary/aromatic N) is 3. The molecule has 2 aromatic carbocycles. The average molecular weight is 233 g/mol. The first kappa shape index (κ1) is 11.7. The summed E-state index contributed by atoms with van der Waals surface area (Å²) in [5, 5.41) is 17.5. The Labute approximate surface area is 106 Å². The van der Waals surface area contributed by atoms with Crippen LogP contribution in [0.1, 0.15) is 11.1 Å². The van der Waals surface area contributed by atoms with Crippen LogP contribution in [0.25, 0.3) is 0 Å². The summed E-state index contributed by atoms with van der Waals surface area (Å²) in [6.07, 6.45) is 0. The van der Waals surface area contributed by atoms with Gasteiger partial charge in [-0.05, 0) is 48.5 Å². The van der Waals surface area contributed by atoms with Crippen molar-refractivity contribution in [2.45, 2.75) is 0 Å². The summed E-state index contributed by atoms with van der Waals surface area (Å²) >= 11 is 0. The molecule has 0 spiro atoms. The van der Waals surface area contributed by atoms with Crippen LogP contribution < -0.4 is 4.90 Å². The first-order valence-electron chi connectivity index (χ1n) is 5.48. The fourth-order valence-corrected chi connectivity index (χ4v) is 1.67. The van der Waals surface area contributed by atoms with Gasteiger partial charge in [0, 0.05) is 18.4 Å². The zero-order valence-corrected chi connectivity index (χ0v) is 9.96. The highest BCUT2D eigenvalue weighted by Gasteiger charge is 2.03. The molecule has 0 unspecified atom stereocenters.